The number of piperidine rings is 1. The average Bonchev–Trinajstić information content (AvgIpc) is 3.60. The number of carbonyl (C=O) groups is 5. The van der Waals surface area contributed by atoms with Crippen molar-refractivity contribution in [2.45, 2.75) is 84.4 Å². The summed E-state index contributed by atoms with van der Waals surface area (Å²) < 4.78 is 79.0. The van der Waals surface area contributed by atoms with Crippen LogP contribution in [0.4, 0.5) is 26.3 Å². The van der Waals surface area contributed by atoms with Crippen LogP contribution in [0.3, 0.4) is 0 Å². The summed E-state index contributed by atoms with van der Waals surface area (Å²) in [7, 11) is 0. The largest absolute Gasteiger partial charge is 0.409 e. The summed E-state index contributed by atoms with van der Waals surface area (Å²) >= 11 is 0. The number of hydrogen-bond acceptors (Lipinski definition) is 5. The van der Waals surface area contributed by atoms with Crippen molar-refractivity contribution in [2.75, 3.05) is 6.54 Å². The molecule has 0 aromatic carbocycles. The maximum Gasteiger partial charge on any atom is 0.409 e. The van der Waals surface area contributed by atoms with Crippen LogP contribution in [0.1, 0.15) is 53.9 Å². The molecule has 0 aromatic rings. The van der Waals surface area contributed by atoms with Crippen molar-refractivity contribution in [3.05, 3.63) is 0 Å². The van der Waals surface area contributed by atoms with E-state index in [2.05, 4.69) is 5.32 Å². The molecule has 4 N–H and O–H groups in total. The minimum Gasteiger partial charge on any atom is -0.363 e. The van der Waals surface area contributed by atoms with Crippen LogP contribution in [0.2, 0.25) is 0 Å². The topological polar surface area (TPSA) is 139 Å². The first kappa shape index (κ1) is 31.7. The molecule has 4 unspecified atom stereocenters. The predicted octanol–water partition coefficient (Wildman–Crippen LogP) is 2.08. The van der Waals surface area contributed by atoms with Gasteiger partial charge in [-0.25, -0.2) is 0 Å². The maximum absolute atomic E-state index is 13.7. The Morgan fingerprint density at radius 1 is 0.950 bits per heavy atom. The summed E-state index contributed by atoms with van der Waals surface area (Å²) in [6, 6.07) is -4.33. The van der Waals surface area contributed by atoms with E-state index in [0.717, 1.165) is 17.7 Å². The van der Waals surface area contributed by atoms with Crippen LogP contribution in [0, 0.1) is 34.5 Å². The minimum atomic E-state index is -5.96. The van der Waals surface area contributed by atoms with Crippen molar-refractivity contribution in [2.24, 2.45) is 40.2 Å². The minimum absolute atomic E-state index is 0.0456. The third kappa shape index (κ3) is 6.37. The predicted molar refractivity (Wildman–Crippen MR) is 127 cm³/mol. The first-order chi connectivity index (χ1) is 18.0. The van der Waals surface area contributed by atoms with E-state index in [0.29, 0.717) is 0 Å². The molecule has 5 atom stereocenters. The van der Waals surface area contributed by atoms with Gasteiger partial charge in [0, 0.05) is 6.54 Å². The Morgan fingerprint density at radius 2 is 1.48 bits per heavy atom. The summed E-state index contributed by atoms with van der Waals surface area (Å²) in [5.74, 6) is -11.5. The Morgan fingerprint density at radius 3 is 1.90 bits per heavy atom. The maximum atomic E-state index is 13.7. The Hall–Kier alpha value is -2.87. The molecule has 2 saturated carbocycles. The van der Waals surface area contributed by atoms with Gasteiger partial charge in [-0.15, -0.1) is 0 Å². The lowest BCUT2D eigenvalue weighted by Crippen LogP contribution is -2.62. The first-order valence-electron chi connectivity index (χ1n) is 12.9. The number of primary amides is 1. The average molecular weight is 585 g/mol. The van der Waals surface area contributed by atoms with Gasteiger partial charge in [-0.05, 0) is 35.0 Å². The van der Waals surface area contributed by atoms with Gasteiger partial charge in [-0.2, -0.15) is 26.3 Å². The third-order valence-electron chi connectivity index (χ3n) is 8.22. The molecule has 1 saturated heterocycles. The molecule has 9 nitrogen and oxygen atoms in total. The van der Waals surface area contributed by atoms with Crippen molar-refractivity contribution in [3.63, 3.8) is 0 Å². The van der Waals surface area contributed by atoms with Crippen molar-refractivity contribution >= 4 is 29.4 Å². The Bertz CT molecular complexity index is 1070. The Labute approximate surface area is 226 Å². The van der Waals surface area contributed by atoms with Gasteiger partial charge in [-0.3, -0.25) is 24.0 Å². The van der Waals surface area contributed by atoms with Gasteiger partial charge in [0.25, 0.3) is 5.91 Å². The van der Waals surface area contributed by atoms with Crippen LogP contribution in [-0.2, 0) is 24.0 Å². The van der Waals surface area contributed by atoms with Crippen LogP contribution in [0.5, 0.6) is 0 Å². The number of amides is 4. The lowest BCUT2D eigenvalue weighted by Gasteiger charge is -2.38. The molecule has 0 radical (unpaired) electrons. The van der Waals surface area contributed by atoms with Crippen LogP contribution in [0.15, 0.2) is 0 Å². The molecule has 0 aromatic heterocycles. The highest BCUT2D eigenvalue weighted by Gasteiger charge is 2.70. The quantitative estimate of drug-likeness (QED) is 0.282. The number of hydrogen-bond donors (Lipinski definition) is 3. The number of nitrogens with zero attached hydrogens (tertiary/aromatic N) is 1. The SMILES string of the molecule is CC1(C)C2CN(C(=O)[C@@H](NC(=O)C(C(F)(F)F)C(F)(F)F)C(C)(C)C)C(C(=O)NC(CC3CC3)C(=O)C(N)=O)C21. The molecule has 40 heavy (non-hydrogen) atoms. The fourth-order valence-electron chi connectivity index (χ4n) is 5.68. The Kier molecular flexibility index (Phi) is 8.07. The molecule has 15 heteroatoms. The summed E-state index contributed by atoms with van der Waals surface area (Å²) in [6.45, 7) is 7.66. The van der Waals surface area contributed by atoms with Gasteiger partial charge in [0.15, 0.2) is 0 Å². The van der Waals surface area contributed by atoms with Crippen LogP contribution in [-0.4, -0.2) is 71.3 Å². The number of rotatable bonds is 9. The highest BCUT2D eigenvalue weighted by atomic mass is 19.4. The van der Waals surface area contributed by atoms with E-state index in [4.69, 9.17) is 5.73 Å². The zero-order valence-corrected chi connectivity index (χ0v) is 22.7. The van der Waals surface area contributed by atoms with Crippen molar-refractivity contribution in [3.8, 4) is 0 Å². The van der Waals surface area contributed by atoms with Gasteiger partial charge in [0.2, 0.25) is 29.4 Å². The van der Waals surface area contributed by atoms with Gasteiger partial charge in [0.1, 0.15) is 12.1 Å². The molecule has 3 fully saturated rings. The molecule has 3 aliphatic rings. The summed E-state index contributed by atoms with van der Waals surface area (Å²) in [5, 5.41) is 4.15. The number of ketones is 1. The van der Waals surface area contributed by atoms with E-state index >= 15 is 0 Å². The summed E-state index contributed by atoms with van der Waals surface area (Å²) in [6.07, 6.45) is -10.2. The number of fused-ring (bicyclic) bond motifs is 1. The molecule has 1 heterocycles. The van der Waals surface area contributed by atoms with Gasteiger partial charge >= 0.3 is 12.4 Å². The molecule has 226 valence electrons. The first-order valence-corrected chi connectivity index (χ1v) is 12.9. The zero-order chi connectivity index (χ0) is 30.7. The van der Waals surface area contributed by atoms with Crippen LogP contribution < -0.4 is 16.4 Å². The molecule has 4 amide bonds. The van der Waals surface area contributed by atoms with Crippen molar-refractivity contribution in [1.82, 2.24) is 15.5 Å². The second kappa shape index (κ2) is 10.2. The molecular weight excluding hydrogens is 550 g/mol. The molecule has 3 rings (SSSR count). The van der Waals surface area contributed by atoms with Crippen molar-refractivity contribution < 1.29 is 50.3 Å². The number of nitrogens with one attached hydrogen (secondary N) is 2. The van der Waals surface area contributed by atoms with E-state index in [1.807, 2.05) is 13.8 Å². The summed E-state index contributed by atoms with van der Waals surface area (Å²) in [4.78, 5) is 64.5. The lowest BCUT2D eigenvalue weighted by molar-refractivity contribution is -0.274. The molecule has 0 spiro atoms. The number of nitrogens with two attached hydrogens (primary N) is 1. The number of halogens is 6. The third-order valence-corrected chi connectivity index (χ3v) is 8.22. The zero-order valence-electron chi connectivity index (χ0n) is 22.7. The number of alkyl halides is 6. The second-order valence-corrected chi connectivity index (χ2v) is 12.7. The van der Waals surface area contributed by atoms with Crippen molar-refractivity contribution in [1.29, 1.82) is 0 Å². The molecule has 1 aliphatic heterocycles. The van der Waals surface area contributed by atoms with E-state index in [9.17, 15) is 50.3 Å². The fraction of sp³-hybridized carbons (Fsp3) is 0.800. The van der Waals surface area contributed by atoms with Crippen LogP contribution in [0.25, 0.3) is 0 Å². The molecular formula is C25H34F6N4O5. The van der Waals surface area contributed by atoms with Gasteiger partial charge in [0.05, 0.1) is 6.04 Å². The summed E-state index contributed by atoms with van der Waals surface area (Å²) in [5.41, 5.74) is 3.34. The highest BCUT2D eigenvalue weighted by Crippen LogP contribution is 2.65. The normalized spacial score (nSPS) is 25.6. The Balaban J connectivity index is 1.89. The highest BCUT2D eigenvalue weighted by molar-refractivity contribution is 6.37. The fourth-order valence-corrected chi connectivity index (χ4v) is 5.68. The lowest BCUT2D eigenvalue weighted by atomic mass is 9.84. The van der Waals surface area contributed by atoms with Gasteiger partial charge in [-0.1, -0.05) is 47.5 Å². The number of Topliss-reactive ketones (excluding diaryl/α,β-unsaturated/α-hetero) is 1. The standard InChI is InChI=1S/C25H34F6N4O5/c1-22(2,3)17(34-20(39)16(24(26,27)28)25(29,30)31)21(40)35-9-11-13(23(11,4)5)14(35)19(38)33-12(8-10-6-7-10)15(36)18(32)37/h10-14,16-17H,6-9H2,1-5H3,(H2,32,37)(H,33,38)(H,34,39)/t11?,12?,13?,14?,17-/m1/s1. The van der Waals surface area contributed by atoms with Crippen LogP contribution >= 0.6 is 0 Å². The van der Waals surface area contributed by atoms with E-state index in [1.54, 1.807) is 5.32 Å². The second-order valence-electron chi connectivity index (χ2n) is 12.7. The number of carbonyl (C=O) groups excluding carboxylic acids is 5. The van der Waals surface area contributed by atoms with Gasteiger partial charge < -0.3 is 21.3 Å². The number of likely N-dealkylation sites (tertiary alicyclic amines) is 1. The van der Waals surface area contributed by atoms with E-state index < -0.39 is 82.6 Å². The van der Waals surface area contributed by atoms with E-state index in [1.165, 1.54) is 20.8 Å². The smallest absolute Gasteiger partial charge is 0.363 e. The van der Waals surface area contributed by atoms with E-state index in [-0.39, 0.29) is 24.8 Å². The monoisotopic (exact) mass is 584 g/mol. The molecule has 0 bridgehead atoms. The molecule has 2 aliphatic carbocycles.